The minimum Gasteiger partial charge on any atom is -0.402 e. The highest BCUT2D eigenvalue weighted by Gasteiger charge is 2.37. The van der Waals surface area contributed by atoms with Crippen LogP contribution in [0.25, 0.3) is 10.4 Å². The van der Waals surface area contributed by atoms with Gasteiger partial charge in [-0.1, -0.05) is 0 Å². The van der Waals surface area contributed by atoms with Gasteiger partial charge in [-0.05, 0) is 45.1 Å². The molecule has 2 fully saturated rings. The molecule has 1 saturated carbocycles. The number of aryl methyl sites for hydroxylation is 1. The molecule has 11 heteroatoms. The van der Waals surface area contributed by atoms with E-state index in [0.717, 1.165) is 29.5 Å². The highest BCUT2D eigenvalue weighted by atomic mass is 32.1. The molecule has 0 radical (unpaired) electrons. The molecule has 2 aliphatic rings. The van der Waals surface area contributed by atoms with Gasteiger partial charge >= 0.3 is 0 Å². The van der Waals surface area contributed by atoms with Crippen LogP contribution in [-0.2, 0) is 0 Å². The van der Waals surface area contributed by atoms with Crippen molar-refractivity contribution in [2.75, 3.05) is 32.0 Å². The van der Waals surface area contributed by atoms with E-state index in [4.69, 9.17) is 5.73 Å². The van der Waals surface area contributed by atoms with Crippen LogP contribution in [0.1, 0.15) is 57.5 Å². The minimum atomic E-state index is -0.325. The first-order valence-corrected chi connectivity index (χ1v) is 13.3. The fourth-order valence-electron chi connectivity index (χ4n) is 5.24. The summed E-state index contributed by atoms with van der Waals surface area (Å²) < 4.78 is 1.66. The van der Waals surface area contributed by atoms with Gasteiger partial charge in [0.15, 0.2) is 0 Å². The predicted molar refractivity (Wildman–Crippen MR) is 146 cm³/mol. The van der Waals surface area contributed by atoms with Gasteiger partial charge in [0.1, 0.15) is 4.83 Å². The van der Waals surface area contributed by atoms with Crippen LogP contribution >= 0.6 is 11.3 Å². The summed E-state index contributed by atoms with van der Waals surface area (Å²) in [6.45, 7) is 6.20. The number of aliphatic imine (C=N–C) groups is 1. The molecular formula is C26H32N8O2S. The number of allylic oxidation sites excluding steroid dienone is 2. The lowest BCUT2D eigenvalue weighted by molar-refractivity contribution is 0.0943. The molecule has 2 unspecified atom stereocenters. The van der Waals surface area contributed by atoms with Crippen molar-refractivity contribution in [1.29, 1.82) is 0 Å². The van der Waals surface area contributed by atoms with Crippen LogP contribution in [0, 0.1) is 12.8 Å². The molecule has 10 nitrogen and oxygen atoms in total. The molecule has 3 aromatic heterocycles. The third-order valence-corrected chi connectivity index (χ3v) is 8.34. The van der Waals surface area contributed by atoms with E-state index in [1.165, 1.54) is 36.8 Å². The Morgan fingerprint density at radius 1 is 1.30 bits per heavy atom. The van der Waals surface area contributed by atoms with Gasteiger partial charge in [0, 0.05) is 62.6 Å². The fourth-order valence-corrected chi connectivity index (χ4v) is 6.38. The number of carbonyl (C=O) groups is 2. The second-order valence-corrected chi connectivity index (χ2v) is 10.8. The fraction of sp³-hybridized carbons (Fsp3) is 0.423. The van der Waals surface area contributed by atoms with Gasteiger partial charge in [-0.15, -0.1) is 11.3 Å². The number of nitrogens with two attached hydrogens (primary N) is 1. The van der Waals surface area contributed by atoms with Crippen LogP contribution < -0.4 is 16.4 Å². The number of thiazole rings is 1. The predicted octanol–water partition coefficient (Wildman–Crippen LogP) is 2.96. The van der Waals surface area contributed by atoms with Gasteiger partial charge in [-0.2, -0.15) is 5.10 Å². The zero-order chi connectivity index (χ0) is 26.1. The first kappa shape index (κ1) is 25.1. The second kappa shape index (κ2) is 10.4. The SMILES string of the molecule is CN=CC(=C(C)N)c1cn2ncc(C(=O)Nc3cc(C(=O)NCCN4CC5CCC4C5)cnc3C)c2s1. The monoisotopic (exact) mass is 520 g/mol. The number of amides is 2. The Hall–Kier alpha value is -3.57. The summed E-state index contributed by atoms with van der Waals surface area (Å²) >= 11 is 1.41. The normalized spacial score (nSPS) is 20.1. The first-order chi connectivity index (χ1) is 17.8. The van der Waals surface area contributed by atoms with E-state index in [2.05, 4.69) is 30.6 Å². The molecule has 0 aromatic carbocycles. The molecular weight excluding hydrogens is 488 g/mol. The number of anilines is 1. The van der Waals surface area contributed by atoms with Gasteiger partial charge in [0.25, 0.3) is 11.8 Å². The third-order valence-electron chi connectivity index (χ3n) is 7.19. The van der Waals surface area contributed by atoms with Crippen molar-refractivity contribution in [2.45, 2.75) is 39.2 Å². The van der Waals surface area contributed by atoms with E-state index in [1.54, 1.807) is 37.0 Å². The number of piperidine rings is 1. The molecule has 2 amide bonds. The van der Waals surface area contributed by atoms with Crippen LogP contribution in [0.4, 0.5) is 5.69 Å². The van der Waals surface area contributed by atoms with Crippen molar-refractivity contribution >= 4 is 45.5 Å². The van der Waals surface area contributed by atoms with Crippen molar-refractivity contribution in [3.05, 3.63) is 52.1 Å². The molecule has 0 spiro atoms. The van der Waals surface area contributed by atoms with Gasteiger partial charge in [-0.25, -0.2) is 4.52 Å². The summed E-state index contributed by atoms with van der Waals surface area (Å²) in [6.07, 6.45) is 10.5. The van der Waals surface area contributed by atoms with Crippen molar-refractivity contribution in [1.82, 2.24) is 24.8 Å². The van der Waals surface area contributed by atoms with Crippen molar-refractivity contribution < 1.29 is 9.59 Å². The van der Waals surface area contributed by atoms with Crippen LogP contribution in [0.5, 0.6) is 0 Å². The number of nitrogens with zero attached hydrogens (tertiary/aromatic N) is 5. The Bertz CT molecular complexity index is 1400. The Labute approximate surface area is 219 Å². The molecule has 3 aromatic rings. The molecule has 37 heavy (non-hydrogen) atoms. The summed E-state index contributed by atoms with van der Waals surface area (Å²) in [5.41, 5.74) is 9.39. The Morgan fingerprint density at radius 2 is 2.14 bits per heavy atom. The van der Waals surface area contributed by atoms with Gasteiger partial charge in [-0.3, -0.25) is 24.5 Å². The number of fused-ring (bicyclic) bond motifs is 3. The molecule has 1 aliphatic heterocycles. The van der Waals surface area contributed by atoms with E-state index in [9.17, 15) is 9.59 Å². The summed E-state index contributed by atoms with van der Waals surface area (Å²) in [5.74, 6) is 0.311. The number of hydrogen-bond donors (Lipinski definition) is 3. The number of carbonyl (C=O) groups excluding carboxylic acids is 2. The van der Waals surface area contributed by atoms with Gasteiger partial charge in [0.05, 0.1) is 33.6 Å². The zero-order valence-electron chi connectivity index (χ0n) is 21.3. The molecule has 194 valence electrons. The summed E-state index contributed by atoms with van der Waals surface area (Å²) in [4.78, 5) is 38.4. The van der Waals surface area contributed by atoms with Crippen LogP contribution in [-0.4, -0.2) is 70.3 Å². The molecule has 4 N–H and O–H groups in total. The Balaban J connectivity index is 1.26. The van der Waals surface area contributed by atoms with E-state index < -0.39 is 0 Å². The second-order valence-electron chi connectivity index (χ2n) is 9.78. The molecule has 2 atom stereocenters. The summed E-state index contributed by atoms with van der Waals surface area (Å²) in [7, 11) is 1.68. The smallest absolute Gasteiger partial charge is 0.260 e. The van der Waals surface area contributed by atoms with Crippen LogP contribution in [0.2, 0.25) is 0 Å². The maximum atomic E-state index is 13.2. The Kier molecular flexibility index (Phi) is 7.07. The maximum absolute atomic E-state index is 13.2. The lowest BCUT2D eigenvalue weighted by Gasteiger charge is -2.26. The topological polar surface area (TPSA) is 130 Å². The van der Waals surface area contributed by atoms with Gasteiger partial charge in [0.2, 0.25) is 0 Å². The molecule has 1 saturated heterocycles. The van der Waals surface area contributed by atoms with E-state index in [-0.39, 0.29) is 11.8 Å². The van der Waals surface area contributed by atoms with E-state index >= 15 is 0 Å². The molecule has 5 rings (SSSR count). The largest absolute Gasteiger partial charge is 0.402 e. The molecule has 1 aliphatic carbocycles. The lowest BCUT2D eigenvalue weighted by Crippen LogP contribution is -2.39. The number of nitrogens with one attached hydrogen (secondary N) is 2. The standard InChI is InChI=1S/C26H32N8O2S/c1-15(27)20(11-28-3)23-14-34-26(37-23)21(12-31-34)25(36)32-22-9-18(10-30-16(22)2)24(35)29-6-7-33-13-17-4-5-19(33)8-17/h9-12,14,17,19H,4-8,13,27H2,1-3H3,(H,29,35)(H,32,36). The first-order valence-electron chi connectivity index (χ1n) is 12.5. The summed E-state index contributed by atoms with van der Waals surface area (Å²) in [6, 6.07) is 2.35. The third kappa shape index (κ3) is 5.14. The Morgan fingerprint density at radius 3 is 2.84 bits per heavy atom. The molecule has 2 bridgehead atoms. The highest BCUT2D eigenvalue weighted by Crippen LogP contribution is 2.36. The average Bonchev–Trinajstić information content (AvgIpc) is 3.65. The quantitative estimate of drug-likeness (QED) is 0.392. The number of likely N-dealkylation sites (tertiary alicyclic amines) is 1. The van der Waals surface area contributed by atoms with Crippen molar-refractivity contribution in [3.8, 4) is 0 Å². The zero-order valence-corrected chi connectivity index (χ0v) is 22.1. The van der Waals surface area contributed by atoms with Crippen LogP contribution in [0.3, 0.4) is 0 Å². The lowest BCUT2D eigenvalue weighted by atomic mass is 10.1. The minimum absolute atomic E-state index is 0.197. The number of hydrogen-bond acceptors (Lipinski definition) is 8. The van der Waals surface area contributed by atoms with Crippen molar-refractivity contribution in [3.63, 3.8) is 0 Å². The highest BCUT2D eigenvalue weighted by molar-refractivity contribution is 7.19. The van der Waals surface area contributed by atoms with E-state index in [0.29, 0.717) is 45.6 Å². The van der Waals surface area contributed by atoms with E-state index in [1.807, 2.05) is 13.1 Å². The van der Waals surface area contributed by atoms with Gasteiger partial charge < -0.3 is 16.4 Å². The number of rotatable bonds is 8. The van der Waals surface area contributed by atoms with Crippen molar-refractivity contribution in [2.24, 2.45) is 16.6 Å². The number of pyridine rings is 1. The number of aromatic nitrogens is 3. The van der Waals surface area contributed by atoms with Crippen LogP contribution in [0.15, 0.2) is 35.3 Å². The average molecular weight is 521 g/mol. The summed E-state index contributed by atoms with van der Waals surface area (Å²) in [5, 5.41) is 10.2. The maximum Gasteiger partial charge on any atom is 0.260 e. The molecule has 4 heterocycles.